The second-order valence-electron chi connectivity index (χ2n) is 14.3. The molecule has 6 nitrogen and oxygen atoms in total. The molecule has 0 spiro atoms. The highest BCUT2D eigenvalue weighted by atomic mass is 32.3. The maximum Gasteiger partial charge on any atom is 0.278 e. The van der Waals surface area contributed by atoms with Gasteiger partial charge in [-0.15, -0.1) is 0 Å². The SMILES string of the molecule is COc1ccc(S(OS(=O)(=O)CC23CCC(CC2=O)C3(C)C)(c2ccc(Sc3ccccc3C(=O)c3ccccc3)cc2)c2c(F)c(F)c(F)c(F)c2F)cc1. The molecule has 0 aliphatic heterocycles. The monoisotopic (exact) mass is 826 g/mol. The van der Waals surface area contributed by atoms with Gasteiger partial charge < -0.3 is 4.74 Å². The largest absolute Gasteiger partial charge is 0.497 e. The van der Waals surface area contributed by atoms with Crippen molar-refractivity contribution in [1.82, 2.24) is 0 Å². The summed E-state index contributed by atoms with van der Waals surface area (Å²) >= 11 is 1.17. The van der Waals surface area contributed by atoms with Crippen LogP contribution in [0.25, 0.3) is 0 Å². The Labute approximate surface area is 327 Å². The third-order valence-electron chi connectivity index (χ3n) is 11.2. The van der Waals surface area contributed by atoms with Gasteiger partial charge in [0.2, 0.25) is 5.82 Å². The van der Waals surface area contributed by atoms with Gasteiger partial charge in [0.05, 0.1) is 18.3 Å². The van der Waals surface area contributed by atoms with Crippen LogP contribution in [0.3, 0.4) is 0 Å². The van der Waals surface area contributed by atoms with Crippen molar-refractivity contribution in [3.8, 4) is 5.75 Å². The molecule has 0 N–H and O–H groups in total. The molecular formula is C42H35F5O6S3. The van der Waals surface area contributed by atoms with Crippen molar-refractivity contribution in [2.75, 3.05) is 12.9 Å². The van der Waals surface area contributed by atoms with Crippen LogP contribution in [0.2, 0.25) is 0 Å². The molecule has 5 aromatic carbocycles. The molecule has 7 rings (SSSR count). The van der Waals surface area contributed by atoms with Gasteiger partial charge in [0.25, 0.3) is 10.1 Å². The summed E-state index contributed by atoms with van der Waals surface area (Å²) in [5.41, 5.74) is -1.33. The molecule has 2 aliphatic rings. The fourth-order valence-electron chi connectivity index (χ4n) is 7.99. The molecule has 292 valence electrons. The molecule has 0 heterocycles. The Hall–Kier alpha value is -4.50. The number of rotatable bonds is 12. The lowest BCUT2D eigenvalue weighted by Crippen LogP contribution is -2.42. The number of hydrogen-bond acceptors (Lipinski definition) is 7. The van der Waals surface area contributed by atoms with Crippen LogP contribution in [0.4, 0.5) is 22.0 Å². The van der Waals surface area contributed by atoms with Crippen LogP contribution in [0.15, 0.2) is 128 Å². The molecule has 0 amide bonds. The number of halogens is 5. The third-order valence-corrected chi connectivity index (χ3v) is 17.5. The first-order valence-electron chi connectivity index (χ1n) is 17.5. The Bertz CT molecular complexity index is 2430. The Morgan fingerprint density at radius 3 is 1.88 bits per heavy atom. The Morgan fingerprint density at radius 1 is 0.768 bits per heavy atom. The van der Waals surface area contributed by atoms with E-state index in [1.165, 1.54) is 67.4 Å². The molecule has 2 aliphatic carbocycles. The number of hydrogen-bond donors (Lipinski definition) is 0. The summed E-state index contributed by atoms with van der Waals surface area (Å²) in [5, 5.41) is 0. The predicted octanol–water partition coefficient (Wildman–Crippen LogP) is 10.7. The normalized spacial score (nSPS) is 20.4. The fourth-order valence-corrected chi connectivity index (χ4v) is 15.0. The maximum absolute atomic E-state index is 16.3. The standard InChI is InChI=1S/C42H35F5O6S3/c1-41(2)26-21-22-42(41,33(48)23-26)24-55(50,51)53-56(29-17-13-27(52-3)14-18-29,40-37(46)35(44)34(43)36(45)38(40)47)30-19-15-28(16-20-30)54-32-12-8-7-11-31(32)39(49)25-9-5-4-6-10-25/h4-20,26H,21-24H2,1-3H3. The summed E-state index contributed by atoms with van der Waals surface area (Å²) in [7, 11) is -8.10. The van der Waals surface area contributed by atoms with E-state index in [9.17, 15) is 22.4 Å². The summed E-state index contributed by atoms with van der Waals surface area (Å²) in [6.45, 7) is 3.58. The zero-order valence-electron chi connectivity index (χ0n) is 30.3. The second kappa shape index (κ2) is 14.8. The van der Waals surface area contributed by atoms with E-state index in [-0.39, 0.29) is 45.9 Å². The number of ketones is 2. The fraction of sp³-hybridized carbons (Fsp3) is 0.238. The zero-order valence-corrected chi connectivity index (χ0v) is 32.7. The van der Waals surface area contributed by atoms with E-state index in [0.29, 0.717) is 27.3 Å². The minimum atomic E-state index is -5.03. The number of ether oxygens (including phenoxy) is 1. The zero-order chi connectivity index (χ0) is 40.2. The van der Waals surface area contributed by atoms with Gasteiger partial charge in [-0.05, 0) is 95.1 Å². The lowest BCUT2D eigenvalue weighted by atomic mass is 9.70. The summed E-state index contributed by atoms with van der Waals surface area (Å²) in [6.07, 6.45) is 0.942. The number of Topliss-reactive ketones (excluding diaryl/α,β-unsaturated/α-hetero) is 1. The number of carbonyl (C=O) groups is 2. The number of benzene rings is 5. The Kier molecular flexibility index (Phi) is 10.5. The molecule has 2 bridgehead atoms. The predicted molar refractivity (Wildman–Crippen MR) is 202 cm³/mol. The number of carbonyl (C=O) groups excluding carboxylic acids is 2. The van der Waals surface area contributed by atoms with E-state index in [4.69, 9.17) is 8.37 Å². The first-order chi connectivity index (χ1) is 26.6. The summed E-state index contributed by atoms with van der Waals surface area (Å²) < 4.78 is 118. The van der Waals surface area contributed by atoms with Crippen LogP contribution >= 0.6 is 22.1 Å². The first-order valence-corrected chi connectivity index (χ1v) is 21.4. The third kappa shape index (κ3) is 6.53. The highest BCUT2D eigenvalue weighted by molar-refractivity contribution is 8.33. The van der Waals surface area contributed by atoms with E-state index in [1.807, 2.05) is 0 Å². The Morgan fingerprint density at radius 2 is 1.32 bits per heavy atom. The van der Waals surface area contributed by atoms with Gasteiger partial charge in [0.1, 0.15) is 16.4 Å². The molecule has 3 atom stereocenters. The molecule has 2 saturated carbocycles. The molecule has 3 unspecified atom stereocenters. The van der Waals surface area contributed by atoms with E-state index in [0.717, 1.165) is 0 Å². The highest BCUT2D eigenvalue weighted by Crippen LogP contribution is 2.73. The van der Waals surface area contributed by atoms with Crippen LogP contribution in [-0.2, 0) is 18.5 Å². The second-order valence-corrected chi connectivity index (χ2v) is 19.9. The lowest BCUT2D eigenvalue weighted by molar-refractivity contribution is -0.128. The average Bonchev–Trinajstić information content (AvgIpc) is 3.54. The van der Waals surface area contributed by atoms with E-state index >= 15 is 17.6 Å². The molecular weight excluding hydrogens is 792 g/mol. The number of fused-ring (bicyclic) bond motifs is 2. The average molecular weight is 827 g/mol. The summed E-state index contributed by atoms with van der Waals surface area (Å²) in [6, 6.07) is 26.2. The van der Waals surface area contributed by atoms with Gasteiger partial charge in [-0.2, -0.15) is 8.42 Å². The molecule has 0 saturated heterocycles. The molecule has 5 aromatic rings. The van der Waals surface area contributed by atoms with Crippen molar-refractivity contribution < 1.29 is 48.3 Å². The van der Waals surface area contributed by atoms with E-state index in [1.54, 1.807) is 68.4 Å². The van der Waals surface area contributed by atoms with E-state index < -0.39 is 71.0 Å². The van der Waals surface area contributed by atoms with Gasteiger partial charge in [0, 0.05) is 37.1 Å². The van der Waals surface area contributed by atoms with Gasteiger partial charge in [0.15, 0.2) is 29.1 Å². The van der Waals surface area contributed by atoms with Crippen LogP contribution < -0.4 is 4.74 Å². The summed E-state index contributed by atoms with van der Waals surface area (Å²) in [5.74, 6) is -12.8. The van der Waals surface area contributed by atoms with Crippen LogP contribution in [0, 0.1) is 45.8 Å². The minimum absolute atomic E-state index is 0.0998. The Balaban J connectivity index is 1.40. The molecule has 0 aromatic heterocycles. The van der Waals surface area contributed by atoms with Gasteiger partial charge >= 0.3 is 0 Å². The highest BCUT2D eigenvalue weighted by Gasteiger charge is 2.66. The van der Waals surface area contributed by atoms with Crippen LogP contribution in [0.5, 0.6) is 5.75 Å². The summed E-state index contributed by atoms with van der Waals surface area (Å²) in [4.78, 5) is 26.0. The lowest BCUT2D eigenvalue weighted by Gasteiger charge is -2.41. The van der Waals surface area contributed by atoms with Crippen molar-refractivity contribution >= 4 is 43.8 Å². The number of methoxy groups -OCH3 is 1. The molecule has 14 heteroatoms. The van der Waals surface area contributed by atoms with Gasteiger partial charge in [-0.1, -0.05) is 68.1 Å². The van der Waals surface area contributed by atoms with Crippen molar-refractivity contribution in [2.24, 2.45) is 16.7 Å². The molecule has 0 radical (unpaired) electrons. The minimum Gasteiger partial charge on any atom is -0.497 e. The van der Waals surface area contributed by atoms with Crippen molar-refractivity contribution in [3.63, 3.8) is 0 Å². The maximum atomic E-state index is 16.3. The van der Waals surface area contributed by atoms with Crippen molar-refractivity contribution in [2.45, 2.75) is 57.6 Å². The van der Waals surface area contributed by atoms with E-state index in [2.05, 4.69) is 0 Å². The molecule has 56 heavy (non-hydrogen) atoms. The molecule has 2 fully saturated rings. The topological polar surface area (TPSA) is 86.7 Å². The first kappa shape index (κ1) is 39.7. The van der Waals surface area contributed by atoms with Gasteiger partial charge in [-0.25, -0.2) is 25.6 Å². The van der Waals surface area contributed by atoms with Gasteiger partial charge in [-0.3, -0.25) is 9.59 Å². The van der Waals surface area contributed by atoms with Crippen molar-refractivity contribution in [3.05, 3.63) is 143 Å². The smallest absolute Gasteiger partial charge is 0.278 e. The van der Waals surface area contributed by atoms with Crippen LogP contribution in [-0.4, -0.2) is 32.8 Å². The van der Waals surface area contributed by atoms with Crippen LogP contribution in [0.1, 0.15) is 49.0 Å². The van der Waals surface area contributed by atoms with Crippen molar-refractivity contribution in [1.29, 1.82) is 0 Å². The quantitative estimate of drug-likeness (QED) is 0.0536.